The Balaban J connectivity index is 1.58. The first-order valence-corrected chi connectivity index (χ1v) is 8.50. The summed E-state index contributed by atoms with van der Waals surface area (Å²) >= 11 is 0. The zero-order valence-corrected chi connectivity index (χ0v) is 14.5. The van der Waals surface area contributed by atoms with Gasteiger partial charge in [-0.1, -0.05) is 17.3 Å². The average molecular weight is 348 g/mol. The number of oxime groups is 1. The van der Waals surface area contributed by atoms with Crippen molar-refractivity contribution in [1.82, 2.24) is 19.7 Å². The second kappa shape index (κ2) is 6.97. The molecule has 0 aliphatic heterocycles. The van der Waals surface area contributed by atoms with Crippen LogP contribution in [0.25, 0.3) is 22.1 Å². The van der Waals surface area contributed by atoms with E-state index in [-0.39, 0.29) is 0 Å². The molecule has 7 nitrogen and oxygen atoms in total. The summed E-state index contributed by atoms with van der Waals surface area (Å²) in [6.45, 7) is 3.42. The number of pyridine rings is 2. The summed E-state index contributed by atoms with van der Waals surface area (Å²) in [5.41, 5.74) is 11.0. The number of rotatable bonds is 6. The van der Waals surface area contributed by atoms with Crippen LogP contribution in [-0.2, 0) is 11.4 Å². The first-order valence-electron chi connectivity index (χ1n) is 8.50. The Morgan fingerprint density at radius 1 is 1.27 bits per heavy atom. The number of nitrogens with one attached hydrogen (secondary N) is 1. The van der Waals surface area contributed by atoms with E-state index in [1.165, 1.54) is 5.56 Å². The van der Waals surface area contributed by atoms with Gasteiger partial charge in [-0.15, -0.1) is 0 Å². The molecule has 1 aromatic carbocycles. The van der Waals surface area contributed by atoms with Crippen molar-refractivity contribution in [1.29, 1.82) is 0 Å². The largest absolute Gasteiger partial charge is 0.394 e. The smallest absolute Gasteiger partial charge is 0.173 e. The van der Waals surface area contributed by atoms with Crippen LogP contribution in [0.1, 0.15) is 18.2 Å². The van der Waals surface area contributed by atoms with E-state index in [2.05, 4.69) is 38.4 Å². The molecule has 3 aromatic heterocycles. The molecule has 26 heavy (non-hydrogen) atoms. The van der Waals surface area contributed by atoms with E-state index >= 15 is 0 Å². The van der Waals surface area contributed by atoms with Gasteiger partial charge in [0.25, 0.3) is 0 Å². The van der Waals surface area contributed by atoms with Gasteiger partial charge in [-0.3, -0.25) is 14.8 Å². The lowest BCUT2D eigenvalue weighted by Gasteiger charge is -2.16. The van der Waals surface area contributed by atoms with Gasteiger partial charge in [0, 0.05) is 18.1 Å². The van der Waals surface area contributed by atoms with Gasteiger partial charge in [-0.2, -0.15) is 0 Å². The monoisotopic (exact) mass is 348 g/mol. The van der Waals surface area contributed by atoms with Gasteiger partial charge in [-0.05, 0) is 42.8 Å². The molecule has 132 valence electrons. The summed E-state index contributed by atoms with van der Waals surface area (Å²) in [5.74, 6) is 0. The Bertz CT molecular complexity index is 1080. The van der Waals surface area contributed by atoms with Gasteiger partial charge in [0.05, 0.1) is 23.3 Å². The zero-order chi connectivity index (χ0) is 17.9. The van der Waals surface area contributed by atoms with Crippen LogP contribution in [0.2, 0.25) is 0 Å². The fourth-order valence-electron chi connectivity index (χ4n) is 2.85. The van der Waals surface area contributed by atoms with E-state index < -0.39 is 0 Å². The number of benzene rings is 1. The van der Waals surface area contributed by atoms with Crippen molar-refractivity contribution in [2.24, 2.45) is 10.9 Å². The zero-order valence-electron chi connectivity index (χ0n) is 14.5. The van der Waals surface area contributed by atoms with E-state index in [0.29, 0.717) is 19.7 Å². The lowest BCUT2D eigenvalue weighted by atomic mass is 10.1. The number of nitrogens with two attached hydrogens (primary N) is 1. The Kier molecular flexibility index (Phi) is 4.37. The van der Waals surface area contributed by atoms with Crippen molar-refractivity contribution in [3.8, 4) is 0 Å². The second-order valence-corrected chi connectivity index (χ2v) is 6.09. The highest BCUT2D eigenvalue weighted by Gasteiger charge is 2.10. The Morgan fingerprint density at radius 3 is 3.08 bits per heavy atom. The van der Waals surface area contributed by atoms with Crippen molar-refractivity contribution in [2.75, 3.05) is 13.2 Å². The molecular formula is C19H20N6O. The van der Waals surface area contributed by atoms with Crippen LogP contribution in [0.3, 0.4) is 0 Å². The summed E-state index contributed by atoms with van der Waals surface area (Å²) in [7, 11) is 0. The van der Waals surface area contributed by atoms with Gasteiger partial charge in [0.2, 0.25) is 0 Å². The van der Waals surface area contributed by atoms with Crippen LogP contribution in [-0.4, -0.2) is 38.6 Å². The van der Waals surface area contributed by atoms with E-state index in [4.69, 9.17) is 10.6 Å². The lowest BCUT2D eigenvalue weighted by Crippen LogP contribution is -2.15. The SMILES string of the molecule is C/C(=N\OCCN)c1ccc2[nH]n(Cc3ccc4ncccc4c3)c2n1. The third kappa shape index (κ3) is 3.16. The van der Waals surface area contributed by atoms with Crippen LogP contribution in [0.5, 0.6) is 0 Å². The molecule has 0 aliphatic rings. The number of fused-ring (bicyclic) bond motifs is 2. The van der Waals surface area contributed by atoms with Crippen LogP contribution < -0.4 is 5.73 Å². The molecule has 4 rings (SSSR count). The third-order valence-electron chi connectivity index (χ3n) is 4.18. The molecule has 0 saturated carbocycles. The minimum Gasteiger partial charge on any atom is -0.394 e. The maximum atomic E-state index is 5.40. The maximum absolute atomic E-state index is 5.40. The first kappa shape index (κ1) is 16.3. The molecule has 0 aliphatic carbocycles. The van der Waals surface area contributed by atoms with E-state index in [1.54, 1.807) is 0 Å². The molecule has 3 heterocycles. The minimum atomic E-state index is 0.396. The van der Waals surface area contributed by atoms with Crippen LogP contribution >= 0.6 is 0 Å². The number of hydrogen-bond acceptors (Lipinski definition) is 5. The minimum absolute atomic E-state index is 0.396. The number of aromatic amines is 1. The van der Waals surface area contributed by atoms with E-state index in [0.717, 1.165) is 33.5 Å². The molecule has 0 radical (unpaired) electrons. The predicted molar refractivity (Wildman–Crippen MR) is 102 cm³/mol. The van der Waals surface area contributed by atoms with Crippen LogP contribution in [0.4, 0.5) is 0 Å². The highest BCUT2D eigenvalue weighted by Crippen LogP contribution is 2.18. The molecule has 0 fully saturated rings. The number of H-pyrrole nitrogens is 1. The molecule has 0 spiro atoms. The summed E-state index contributed by atoms with van der Waals surface area (Å²) in [6.07, 6.45) is 1.81. The molecule has 7 heteroatoms. The molecule has 0 saturated heterocycles. The molecule has 0 bridgehead atoms. The second-order valence-electron chi connectivity index (χ2n) is 6.09. The van der Waals surface area contributed by atoms with Crippen LogP contribution in [0, 0.1) is 0 Å². The third-order valence-corrected chi connectivity index (χ3v) is 4.18. The molecule has 0 amide bonds. The summed E-state index contributed by atoms with van der Waals surface area (Å²) < 4.78 is 2.02. The predicted octanol–water partition coefficient (Wildman–Crippen LogP) is 2.66. The van der Waals surface area contributed by atoms with E-state index in [9.17, 15) is 0 Å². The number of nitrogens with zero attached hydrogens (tertiary/aromatic N) is 4. The lowest BCUT2D eigenvalue weighted by molar-refractivity contribution is 0.152. The Labute approximate surface area is 150 Å². The fourth-order valence-corrected chi connectivity index (χ4v) is 2.85. The summed E-state index contributed by atoms with van der Waals surface area (Å²) in [6, 6.07) is 14.2. The maximum Gasteiger partial charge on any atom is 0.173 e. The van der Waals surface area contributed by atoms with E-state index in [1.807, 2.05) is 42.1 Å². The molecule has 4 aromatic rings. The Morgan fingerprint density at radius 2 is 2.19 bits per heavy atom. The number of hydrogen-bond donors (Lipinski definition) is 2. The van der Waals surface area contributed by atoms with Gasteiger partial charge in [-0.25, -0.2) is 4.98 Å². The van der Waals surface area contributed by atoms with Gasteiger partial charge in [0.15, 0.2) is 5.65 Å². The normalized spacial score (nSPS) is 12.2. The van der Waals surface area contributed by atoms with Gasteiger partial charge >= 0.3 is 0 Å². The highest BCUT2D eigenvalue weighted by molar-refractivity contribution is 5.98. The topological polar surface area (TPSA) is 94.1 Å². The molecule has 0 unspecified atom stereocenters. The highest BCUT2D eigenvalue weighted by atomic mass is 16.6. The first-order chi connectivity index (χ1) is 12.7. The number of aromatic nitrogens is 4. The van der Waals surface area contributed by atoms with Crippen molar-refractivity contribution in [2.45, 2.75) is 13.5 Å². The van der Waals surface area contributed by atoms with Gasteiger partial charge in [0.1, 0.15) is 12.3 Å². The van der Waals surface area contributed by atoms with Crippen molar-refractivity contribution < 1.29 is 4.84 Å². The van der Waals surface area contributed by atoms with Crippen molar-refractivity contribution >= 4 is 27.8 Å². The summed E-state index contributed by atoms with van der Waals surface area (Å²) in [5, 5.41) is 8.49. The fraction of sp³-hybridized carbons (Fsp3) is 0.211. The molecular weight excluding hydrogens is 328 g/mol. The van der Waals surface area contributed by atoms with Crippen molar-refractivity contribution in [3.63, 3.8) is 0 Å². The molecule has 0 atom stereocenters. The quantitative estimate of drug-likeness (QED) is 0.318. The van der Waals surface area contributed by atoms with Crippen LogP contribution in [0.15, 0.2) is 53.8 Å². The molecule has 3 N–H and O–H groups in total. The standard InChI is InChI=1S/C19H20N6O/c1-13(24-26-10-8-20)16-6-7-18-19(22-16)25(23-18)12-14-4-5-17-15(11-14)3-2-9-21-17/h2-7,9,11,23H,8,10,12,20H2,1H3/b24-13+. The van der Waals surface area contributed by atoms with Crippen molar-refractivity contribution in [3.05, 3.63) is 59.9 Å². The van der Waals surface area contributed by atoms with Gasteiger partial charge < -0.3 is 10.6 Å². The summed E-state index contributed by atoms with van der Waals surface area (Å²) in [4.78, 5) is 14.2. The Hall–Kier alpha value is -3.19. The average Bonchev–Trinajstić information content (AvgIpc) is 2.66.